The van der Waals surface area contributed by atoms with Gasteiger partial charge in [0.05, 0.1) is 18.0 Å². The summed E-state index contributed by atoms with van der Waals surface area (Å²) in [4.78, 5) is 21.9. The van der Waals surface area contributed by atoms with Crippen LogP contribution in [0.1, 0.15) is 13.8 Å². The molecule has 13 heavy (non-hydrogen) atoms. The number of hydrogen-bond acceptors (Lipinski definition) is 5. The van der Waals surface area contributed by atoms with Gasteiger partial charge in [-0.2, -0.15) is 0 Å². The van der Waals surface area contributed by atoms with Crippen molar-refractivity contribution in [3.63, 3.8) is 0 Å². The van der Waals surface area contributed by atoms with Gasteiger partial charge in [-0.15, -0.1) is 12.4 Å². The molecule has 0 spiro atoms. The van der Waals surface area contributed by atoms with Crippen LogP contribution in [0, 0.1) is 0 Å². The van der Waals surface area contributed by atoms with E-state index in [1.807, 2.05) is 0 Å². The summed E-state index contributed by atoms with van der Waals surface area (Å²) in [5.41, 5.74) is 0. The lowest BCUT2D eigenvalue weighted by Gasteiger charge is -2.30. The molecule has 0 N–H and O–H groups in total. The molecule has 0 saturated heterocycles. The minimum absolute atomic E-state index is 0. The number of rotatable bonds is 5. The number of carbonyl (C=O) groups is 2. The second kappa shape index (κ2) is 6.68. The van der Waals surface area contributed by atoms with E-state index in [1.54, 1.807) is 13.8 Å². The van der Waals surface area contributed by atoms with E-state index in [-0.39, 0.29) is 12.4 Å². The summed E-state index contributed by atoms with van der Waals surface area (Å²) >= 11 is 0. The maximum absolute atomic E-state index is 10.3. The fourth-order valence-electron chi connectivity index (χ4n) is 0.983. The van der Waals surface area contributed by atoms with E-state index in [1.165, 1.54) is 4.90 Å². The Balaban J connectivity index is 0. The van der Waals surface area contributed by atoms with Crippen molar-refractivity contribution in [1.29, 1.82) is 0 Å². The van der Waals surface area contributed by atoms with Gasteiger partial charge >= 0.3 is 0 Å². The Morgan fingerprint density at radius 2 is 1.46 bits per heavy atom. The van der Waals surface area contributed by atoms with Gasteiger partial charge in [-0.25, -0.2) is 0 Å². The Labute approximate surface area is 82.8 Å². The third kappa shape index (κ3) is 4.10. The molecule has 0 atom stereocenters. The summed E-state index contributed by atoms with van der Waals surface area (Å²) in [5, 5.41) is 20.7. The van der Waals surface area contributed by atoms with E-state index < -0.39 is 18.0 Å². The van der Waals surface area contributed by atoms with E-state index in [0.29, 0.717) is 13.1 Å². The molecule has 0 amide bonds. The van der Waals surface area contributed by atoms with Crippen LogP contribution in [-0.4, -0.2) is 36.0 Å². The standard InChI is InChI=1S/C7H13NO4.ClH/c1-3-8(4-2)5(6(9)10)7(11)12;/h5H,3-4H2,1-2H3,(H,9,10)(H,11,12);1H/p-2. The van der Waals surface area contributed by atoms with Crippen molar-refractivity contribution in [1.82, 2.24) is 4.90 Å². The Morgan fingerprint density at radius 1 is 1.15 bits per heavy atom. The molecule has 0 aliphatic rings. The largest absolute Gasteiger partial charge is 0.548 e. The number of hydrogen-bond donors (Lipinski definition) is 0. The van der Waals surface area contributed by atoms with E-state index in [0.717, 1.165) is 0 Å². The van der Waals surface area contributed by atoms with Crippen LogP contribution in [0.25, 0.3) is 0 Å². The first-order valence-corrected chi connectivity index (χ1v) is 3.70. The van der Waals surface area contributed by atoms with Crippen LogP contribution in [0.2, 0.25) is 0 Å². The minimum atomic E-state index is -1.64. The lowest BCUT2D eigenvalue weighted by Crippen LogP contribution is -2.57. The van der Waals surface area contributed by atoms with Crippen LogP contribution < -0.4 is 10.2 Å². The van der Waals surface area contributed by atoms with E-state index >= 15 is 0 Å². The van der Waals surface area contributed by atoms with Crippen molar-refractivity contribution < 1.29 is 19.8 Å². The summed E-state index contributed by atoms with van der Waals surface area (Å²) in [6, 6.07) is -1.64. The lowest BCUT2D eigenvalue weighted by molar-refractivity contribution is -0.331. The number of aliphatic carboxylic acids is 2. The molecule has 0 fully saturated rings. The van der Waals surface area contributed by atoms with Gasteiger partial charge in [0.25, 0.3) is 0 Å². The Morgan fingerprint density at radius 3 is 1.54 bits per heavy atom. The van der Waals surface area contributed by atoms with Crippen LogP contribution in [0.5, 0.6) is 0 Å². The maximum atomic E-state index is 10.3. The zero-order valence-electron chi connectivity index (χ0n) is 7.48. The van der Waals surface area contributed by atoms with E-state index in [4.69, 9.17) is 0 Å². The highest BCUT2D eigenvalue weighted by atomic mass is 35.5. The smallest absolute Gasteiger partial charge is 0.0895 e. The van der Waals surface area contributed by atoms with Crippen LogP contribution in [0.15, 0.2) is 0 Å². The highest BCUT2D eigenvalue weighted by Crippen LogP contribution is 1.96. The number of nitrogens with zero attached hydrogens (tertiary/aromatic N) is 1. The fraction of sp³-hybridized carbons (Fsp3) is 0.714. The molecule has 0 aliphatic carbocycles. The van der Waals surface area contributed by atoms with Gasteiger partial charge in [-0.1, -0.05) is 13.8 Å². The molecule has 0 aromatic carbocycles. The van der Waals surface area contributed by atoms with Gasteiger partial charge in [0.15, 0.2) is 0 Å². The summed E-state index contributed by atoms with van der Waals surface area (Å²) < 4.78 is 0. The topological polar surface area (TPSA) is 83.5 Å². The lowest BCUT2D eigenvalue weighted by atomic mass is 10.2. The highest BCUT2D eigenvalue weighted by molar-refractivity contribution is 5.95. The summed E-state index contributed by atoms with van der Waals surface area (Å²) in [5.74, 6) is -3.25. The third-order valence-electron chi connectivity index (χ3n) is 1.62. The van der Waals surface area contributed by atoms with Crippen molar-refractivity contribution in [3.8, 4) is 0 Å². The predicted molar refractivity (Wildman–Crippen MR) is 44.0 cm³/mol. The molecule has 0 saturated carbocycles. The second-order valence-electron chi connectivity index (χ2n) is 2.26. The number of carbonyl (C=O) groups excluding carboxylic acids is 2. The quantitative estimate of drug-likeness (QED) is 0.472. The molecule has 0 bridgehead atoms. The first-order chi connectivity index (χ1) is 5.54. The molecular formula is C7H12ClNO4-2. The second-order valence-corrected chi connectivity index (χ2v) is 2.26. The summed E-state index contributed by atoms with van der Waals surface area (Å²) in [6.45, 7) is 4.01. The molecule has 0 aliphatic heterocycles. The molecule has 5 nitrogen and oxygen atoms in total. The van der Waals surface area contributed by atoms with Crippen LogP contribution >= 0.6 is 12.4 Å². The van der Waals surface area contributed by atoms with Gasteiger partial charge in [0.1, 0.15) is 0 Å². The highest BCUT2D eigenvalue weighted by Gasteiger charge is 2.17. The monoisotopic (exact) mass is 209 g/mol. The van der Waals surface area contributed by atoms with E-state index in [2.05, 4.69) is 0 Å². The Kier molecular flexibility index (Phi) is 7.55. The predicted octanol–water partition coefficient (Wildman–Crippen LogP) is -2.38. The molecule has 0 aromatic heterocycles. The van der Waals surface area contributed by atoms with Crippen molar-refractivity contribution in [2.75, 3.05) is 13.1 Å². The summed E-state index contributed by atoms with van der Waals surface area (Å²) in [6.07, 6.45) is 0. The van der Waals surface area contributed by atoms with Gasteiger partial charge < -0.3 is 19.8 Å². The third-order valence-corrected chi connectivity index (χ3v) is 1.62. The zero-order chi connectivity index (χ0) is 9.72. The molecule has 0 rings (SSSR count). The first-order valence-electron chi connectivity index (χ1n) is 3.70. The van der Waals surface area contributed by atoms with Crippen LogP contribution in [-0.2, 0) is 9.59 Å². The molecule has 78 valence electrons. The molecule has 0 aromatic rings. The molecule has 0 unspecified atom stereocenters. The average Bonchev–Trinajstić information content (AvgIpc) is 1.98. The van der Waals surface area contributed by atoms with Crippen molar-refractivity contribution in [3.05, 3.63) is 0 Å². The van der Waals surface area contributed by atoms with Gasteiger partial charge in [-0.05, 0) is 13.1 Å². The molecule has 0 radical (unpaired) electrons. The SMILES string of the molecule is CCN(CC)C(C(=O)[O-])C(=O)[O-].Cl. The van der Waals surface area contributed by atoms with Crippen LogP contribution in [0.3, 0.4) is 0 Å². The molecule has 0 heterocycles. The number of carboxylic acid groups (broad SMARTS) is 2. The van der Waals surface area contributed by atoms with Gasteiger partial charge in [-0.3, -0.25) is 4.90 Å². The fourth-order valence-corrected chi connectivity index (χ4v) is 0.983. The normalized spacial score (nSPS) is 9.85. The van der Waals surface area contributed by atoms with Crippen molar-refractivity contribution >= 4 is 24.3 Å². The number of carboxylic acids is 2. The van der Waals surface area contributed by atoms with Gasteiger partial charge in [0, 0.05) is 0 Å². The van der Waals surface area contributed by atoms with Crippen molar-refractivity contribution in [2.24, 2.45) is 0 Å². The first kappa shape index (κ1) is 14.7. The Bertz CT molecular complexity index is 167. The minimum Gasteiger partial charge on any atom is -0.548 e. The van der Waals surface area contributed by atoms with Crippen molar-refractivity contribution in [2.45, 2.75) is 19.9 Å². The summed E-state index contributed by atoms with van der Waals surface area (Å²) in [7, 11) is 0. The number of likely N-dealkylation sites (N-methyl/N-ethyl adjacent to an activating group) is 1. The molecular weight excluding hydrogens is 198 g/mol. The maximum Gasteiger partial charge on any atom is 0.0895 e. The Hall–Kier alpha value is -0.810. The van der Waals surface area contributed by atoms with Crippen LogP contribution in [0.4, 0.5) is 0 Å². The van der Waals surface area contributed by atoms with Gasteiger partial charge in [0.2, 0.25) is 0 Å². The molecule has 6 heteroatoms. The number of halogens is 1. The average molecular weight is 210 g/mol. The zero-order valence-corrected chi connectivity index (χ0v) is 8.30. The van der Waals surface area contributed by atoms with E-state index in [9.17, 15) is 19.8 Å².